The molecule has 2 unspecified atom stereocenters. The van der Waals surface area contributed by atoms with Crippen molar-refractivity contribution in [1.29, 1.82) is 0 Å². The summed E-state index contributed by atoms with van der Waals surface area (Å²) < 4.78 is 6.33. The largest absolute Gasteiger partial charge is 0.508 e. The van der Waals surface area contributed by atoms with Gasteiger partial charge >= 0.3 is 0 Å². The molecular formula is C26H28O4. The van der Waals surface area contributed by atoms with E-state index in [0.717, 1.165) is 22.1 Å². The molecule has 2 aliphatic rings. The number of rotatable bonds is 2. The fraction of sp³-hybridized carbons (Fsp3) is 0.385. The molecule has 2 aliphatic heterocycles. The van der Waals surface area contributed by atoms with Gasteiger partial charge in [0.05, 0.1) is 6.61 Å². The maximum atomic E-state index is 10.6. The van der Waals surface area contributed by atoms with Gasteiger partial charge in [-0.2, -0.15) is 4.89 Å². The van der Waals surface area contributed by atoms with Crippen LogP contribution < -0.4 is 0 Å². The maximum absolute atomic E-state index is 10.6. The summed E-state index contributed by atoms with van der Waals surface area (Å²) in [6.07, 6.45) is 0. The normalized spacial score (nSPS) is 27.6. The molecule has 1 N–H and O–H groups in total. The number of ether oxygens (including phenoxy) is 1. The Balaban J connectivity index is 1.67. The van der Waals surface area contributed by atoms with E-state index >= 15 is 0 Å². The van der Waals surface area contributed by atoms with Gasteiger partial charge in [-0.15, -0.1) is 0 Å². The van der Waals surface area contributed by atoms with Crippen LogP contribution in [0.15, 0.2) is 60.7 Å². The fourth-order valence-electron chi connectivity index (χ4n) is 5.57. The molecular weight excluding hydrogens is 376 g/mol. The molecule has 0 spiro atoms. The van der Waals surface area contributed by atoms with Gasteiger partial charge in [-0.25, -0.2) is 4.89 Å². The molecule has 0 radical (unpaired) electrons. The van der Waals surface area contributed by atoms with Gasteiger partial charge in [-0.1, -0.05) is 71.0 Å². The summed E-state index contributed by atoms with van der Waals surface area (Å²) in [6.45, 7) is 11.2. The van der Waals surface area contributed by atoms with E-state index in [0.29, 0.717) is 6.61 Å². The van der Waals surface area contributed by atoms with Crippen molar-refractivity contribution in [1.82, 2.24) is 0 Å². The van der Waals surface area contributed by atoms with E-state index in [1.54, 1.807) is 12.1 Å². The van der Waals surface area contributed by atoms with Gasteiger partial charge in [0.25, 0.3) is 5.79 Å². The van der Waals surface area contributed by atoms with Crippen LogP contribution in [0, 0.1) is 10.8 Å². The van der Waals surface area contributed by atoms with E-state index in [2.05, 4.69) is 65.0 Å². The summed E-state index contributed by atoms with van der Waals surface area (Å²) >= 11 is 0. The molecule has 2 fully saturated rings. The molecule has 0 amide bonds. The molecule has 0 saturated carbocycles. The molecule has 2 atom stereocenters. The van der Waals surface area contributed by atoms with Crippen LogP contribution in [-0.4, -0.2) is 17.3 Å². The summed E-state index contributed by atoms with van der Waals surface area (Å²) in [5, 5.41) is 13.0. The first-order valence-corrected chi connectivity index (χ1v) is 10.4. The van der Waals surface area contributed by atoms with E-state index in [1.165, 1.54) is 5.39 Å². The van der Waals surface area contributed by atoms with Gasteiger partial charge < -0.3 is 9.84 Å². The molecule has 2 heterocycles. The Bertz CT molecular complexity index is 1140. The minimum absolute atomic E-state index is 0.177. The van der Waals surface area contributed by atoms with Crippen molar-refractivity contribution in [2.75, 3.05) is 6.61 Å². The predicted octanol–water partition coefficient (Wildman–Crippen LogP) is 6.17. The van der Waals surface area contributed by atoms with Gasteiger partial charge in [0.1, 0.15) is 5.75 Å². The Morgan fingerprint density at radius 3 is 2.23 bits per heavy atom. The van der Waals surface area contributed by atoms with Crippen LogP contribution in [0.3, 0.4) is 0 Å². The summed E-state index contributed by atoms with van der Waals surface area (Å²) in [7, 11) is 0. The molecule has 5 rings (SSSR count). The Labute approximate surface area is 177 Å². The van der Waals surface area contributed by atoms with Crippen molar-refractivity contribution in [3.8, 4) is 16.9 Å². The van der Waals surface area contributed by atoms with E-state index in [4.69, 9.17) is 14.5 Å². The molecule has 0 bridgehead atoms. The van der Waals surface area contributed by atoms with Crippen molar-refractivity contribution in [3.63, 3.8) is 0 Å². The van der Waals surface area contributed by atoms with Crippen molar-refractivity contribution in [2.24, 2.45) is 10.8 Å². The summed E-state index contributed by atoms with van der Waals surface area (Å²) in [4.78, 5) is 11.7. The van der Waals surface area contributed by atoms with Crippen LogP contribution in [0.4, 0.5) is 0 Å². The Morgan fingerprint density at radius 2 is 1.57 bits per heavy atom. The third-order valence-corrected chi connectivity index (χ3v) is 6.77. The van der Waals surface area contributed by atoms with E-state index in [1.807, 2.05) is 18.2 Å². The van der Waals surface area contributed by atoms with Crippen LogP contribution in [0.1, 0.15) is 40.2 Å². The average molecular weight is 405 g/mol. The maximum Gasteiger partial charge on any atom is 0.261 e. The zero-order valence-corrected chi connectivity index (χ0v) is 18.2. The Hall–Kier alpha value is -2.40. The standard InChI is InChI=1S/C26H28O4/c1-23(2,3)26-24(4,5)16-28-25(26,29-30-26)21-13-20(14-22(27)15-21)19-11-10-17-8-6-7-9-18(17)12-19/h6-15,27H,16H2,1-5H3. The number of hydrogen-bond acceptors (Lipinski definition) is 4. The Morgan fingerprint density at radius 1 is 0.833 bits per heavy atom. The van der Waals surface area contributed by atoms with Crippen LogP contribution >= 0.6 is 0 Å². The molecule has 0 aliphatic carbocycles. The highest BCUT2D eigenvalue weighted by molar-refractivity contribution is 5.87. The van der Waals surface area contributed by atoms with E-state index in [9.17, 15) is 5.11 Å². The van der Waals surface area contributed by atoms with Gasteiger partial charge in [-0.05, 0) is 46.2 Å². The highest BCUT2D eigenvalue weighted by Crippen LogP contribution is 2.69. The van der Waals surface area contributed by atoms with Crippen LogP contribution in [-0.2, 0) is 20.3 Å². The molecule has 30 heavy (non-hydrogen) atoms. The smallest absolute Gasteiger partial charge is 0.261 e. The summed E-state index contributed by atoms with van der Waals surface area (Å²) in [5.74, 6) is -0.879. The SMILES string of the molecule is CC(C)(C)C12OOC1(c1cc(O)cc(-c3ccc4ccccc4c3)c1)OCC2(C)C. The Kier molecular flexibility index (Phi) is 3.96. The first-order chi connectivity index (χ1) is 14.1. The lowest BCUT2D eigenvalue weighted by Crippen LogP contribution is -2.73. The van der Waals surface area contributed by atoms with Crippen molar-refractivity contribution in [3.05, 3.63) is 66.2 Å². The molecule has 3 aromatic carbocycles. The van der Waals surface area contributed by atoms with Crippen molar-refractivity contribution >= 4 is 10.8 Å². The molecule has 156 valence electrons. The van der Waals surface area contributed by atoms with Gasteiger partial charge in [0.2, 0.25) is 0 Å². The molecule has 4 nitrogen and oxygen atoms in total. The summed E-state index contributed by atoms with van der Waals surface area (Å²) in [5.41, 5.74) is 1.52. The predicted molar refractivity (Wildman–Crippen MR) is 117 cm³/mol. The number of hydrogen-bond donors (Lipinski definition) is 1. The quantitative estimate of drug-likeness (QED) is 0.519. The van der Waals surface area contributed by atoms with Crippen molar-refractivity contribution in [2.45, 2.75) is 46.0 Å². The van der Waals surface area contributed by atoms with Gasteiger partial charge in [0.15, 0.2) is 5.60 Å². The third kappa shape index (κ3) is 2.38. The van der Waals surface area contributed by atoms with Crippen molar-refractivity contribution < 1.29 is 19.6 Å². The average Bonchev–Trinajstić information content (AvgIpc) is 2.82. The van der Waals surface area contributed by atoms with Crippen LogP contribution in [0.2, 0.25) is 0 Å². The number of phenolic OH excluding ortho intramolecular Hbond substituents is 1. The third-order valence-electron chi connectivity index (χ3n) is 6.77. The molecule has 4 heteroatoms. The van der Waals surface area contributed by atoms with Crippen LogP contribution in [0.5, 0.6) is 5.75 Å². The van der Waals surface area contributed by atoms with Gasteiger partial charge in [0, 0.05) is 16.4 Å². The second-order valence-electron chi connectivity index (χ2n) is 10.2. The lowest BCUT2D eigenvalue weighted by molar-refractivity contribution is -0.626. The first kappa shape index (κ1) is 19.6. The number of fused-ring (bicyclic) bond motifs is 2. The monoisotopic (exact) mass is 404 g/mol. The molecule has 2 saturated heterocycles. The topological polar surface area (TPSA) is 47.9 Å². The van der Waals surface area contributed by atoms with E-state index < -0.39 is 11.4 Å². The lowest BCUT2D eigenvalue weighted by Gasteiger charge is -2.61. The second-order valence-corrected chi connectivity index (χ2v) is 10.2. The summed E-state index contributed by atoms with van der Waals surface area (Å²) in [6, 6.07) is 20.1. The van der Waals surface area contributed by atoms with E-state index in [-0.39, 0.29) is 16.6 Å². The minimum Gasteiger partial charge on any atom is -0.508 e. The second kappa shape index (κ2) is 6.07. The number of aromatic hydroxyl groups is 1. The number of phenols is 1. The number of benzene rings is 3. The van der Waals surface area contributed by atoms with Gasteiger partial charge in [-0.3, -0.25) is 0 Å². The van der Waals surface area contributed by atoms with Crippen LogP contribution in [0.25, 0.3) is 21.9 Å². The highest BCUT2D eigenvalue weighted by atomic mass is 17.3. The highest BCUT2D eigenvalue weighted by Gasteiger charge is 2.81. The fourth-order valence-corrected chi connectivity index (χ4v) is 5.57. The minimum atomic E-state index is -1.06. The molecule has 3 aromatic rings. The zero-order chi connectivity index (χ0) is 21.4. The zero-order valence-electron chi connectivity index (χ0n) is 18.2. The first-order valence-electron chi connectivity index (χ1n) is 10.4. The molecule has 0 aromatic heterocycles. The lowest BCUT2D eigenvalue weighted by atomic mass is 9.57.